The lowest BCUT2D eigenvalue weighted by molar-refractivity contribution is 0.0623. The Labute approximate surface area is 153 Å². The summed E-state index contributed by atoms with van der Waals surface area (Å²) in [5.74, 6) is 0.841. The van der Waals surface area contributed by atoms with Gasteiger partial charge in [0.1, 0.15) is 11.4 Å². The predicted molar refractivity (Wildman–Crippen MR) is 102 cm³/mol. The molecule has 1 aliphatic heterocycles. The molecule has 1 N–H and O–H groups in total. The summed E-state index contributed by atoms with van der Waals surface area (Å²) >= 11 is 0. The van der Waals surface area contributed by atoms with Crippen LogP contribution in [0.4, 0.5) is 0 Å². The average Bonchev–Trinajstić information content (AvgIpc) is 3.13. The van der Waals surface area contributed by atoms with Crippen molar-refractivity contribution in [2.75, 3.05) is 33.3 Å². The summed E-state index contributed by atoms with van der Waals surface area (Å²) in [5.41, 5.74) is 2.87. The number of carbonyl (C=O) groups excluding carboxylic acids is 1. The number of rotatable bonds is 4. The largest absolute Gasteiger partial charge is 0.496 e. The molecular formula is C21H23N3O2. The van der Waals surface area contributed by atoms with Gasteiger partial charge in [0.25, 0.3) is 5.91 Å². The molecule has 3 aromatic rings. The van der Waals surface area contributed by atoms with Gasteiger partial charge in [-0.15, -0.1) is 0 Å². The minimum absolute atomic E-state index is 0.0580. The molecule has 0 saturated carbocycles. The maximum Gasteiger partial charge on any atom is 0.270 e. The summed E-state index contributed by atoms with van der Waals surface area (Å²) in [7, 11) is 1.65. The van der Waals surface area contributed by atoms with Gasteiger partial charge in [-0.2, -0.15) is 0 Å². The van der Waals surface area contributed by atoms with Gasteiger partial charge in [-0.25, -0.2) is 0 Å². The molecule has 5 nitrogen and oxygen atoms in total. The summed E-state index contributed by atoms with van der Waals surface area (Å²) in [6, 6.07) is 18.2. The molecule has 2 heterocycles. The first-order valence-electron chi connectivity index (χ1n) is 8.96. The number of H-pyrrole nitrogens is 1. The third-order valence-corrected chi connectivity index (χ3v) is 4.98. The second kappa shape index (κ2) is 7.22. The van der Waals surface area contributed by atoms with Crippen molar-refractivity contribution in [2.45, 2.75) is 6.54 Å². The lowest BCUT2D eigenvalue weighted by Crippen LogP contribution is -2.48. The van der Waals surface area contributed by atoms with E-state index in [2.05, 4.69) is 34.1 Å². The quantitative estimate of drug-likeness (QED) is 0.787. The number of hydrogen-bond acceptors (Lipinski definition) is 3. The lowest BCUT2D eigenvalue weighted by Gasteiger charge is -2.34. The fraction of sp³-hybridized carbons (Fsp3) is 0.286. The van der Waals surface area contributed by atoms with Gasteiger partial charge in [0.15, 0.2) is 0 Å². The van der Waals surface area contributed by atoms with E-state index in [1.807, 2.05) is 35.2 Å². The maximum absolute atomic E-state index is 12.9. The van der Waals surface area contributed by atoms with Crippen molar-refractivity contribution in [2.24, 2.45) is 0 Å². The smallest absolute Gasteiger partial charge is 0.270 e. The van der Waals surface area contributed by atoms with Crippen molar-refractivity contribution in [3.05, 3.63) is 65.9 Å². The van der Waals surface area contributed by atoms with E-state index in [4.69, 9.17) is 4.74 Å². The molecule has 26 heavy (non-hydrogen) atoms. The van der Waals surface area contributed by atoms with Gasteiger partial charge in [-0.1, -0.05) is 36.4 Å². The van der Waals surface area contributed by atoms with Crippen molar-refractivity contribution in [3.63, 3.8) is 0 Å². The first-order valence-corrected chi connectivity index (χ1v) is 8.96. The zero-order valence-corrected chi connectivity index (χ0v) is 14.9. The molecule has 1 amide bonds. The molecule has 0 aliphatic carbocycles. The van der Waals surface area contributed by atoms with Gasteiger partial charge < -0.3 is 14.6 Å². The molecule has 134 valence electrons. The third kappa shape index (κ3) is 3.30. The highest BCUT2D eigenvalue weighted by atomic mass is 16.5. The predicted octanol–water partition coefficient (Wildman–Crippen LogP) is 3.13. The minimum atomic E-state index is 0.0580. The molecule has 2 aromatic carbocycles. The van der Waals surface area contributed by atoms with Crippen LogP contribution in [-0.4, -0.2) is 54.0 Å². The number of methoxy groups -OCH3 is 1. The van der Waals surface area contributed by atoms with Crippen molar-refractivity contribution < 1.29 is 9.53 Å². The Balaban J connectivity index is 1.42. The van der Waals surface area contributed by atoms with Crippen LogP contribution in [0.1, 0.15) is 16.1 Å². The van der Waals surface area contributed by atoms with E-state index in [0.29, 0.717) is 5.69 Å². The summed E-state index contributed by atoms with van der Waals surface area (Å²) in [6.07, 6.45) is 0. The van der Waals surface area contributed by atoms with Crippen molar-refractivity contribution in [1.82, 2.24) is 14.8 Å². The van der Waals surface area contributed by atoms with Crippen LogP contribution in [0.2, 0.25) is 0 Å². The molecular weight excluding hydrogens is 326 g/mol. The number of hydrogen-bond donors (Lipinski definition) is 1. The molecule has 0 unspecified atom stereocenters. The standard InChI is InChI=1S/C21H23N3O2/c1-26-20-9-5-8-18-17(20)14-19(22-18)21(25)24-12-10-23(11-13-24)15-16-6-3-2-4-7-16/h2-9,14,22H,10-13,15H2,1H3. The third-order valence-electron chi connectivity index (χ3n) is 4.98. The second-order valence-electron chi connectivity index (χ2n) is 6.66. The Kier molecular flexibility index (Phi) is 4.63. The van der Waals surface area contributed by atoms with E-state index >= 15 is 0 Å². The Hall–Kier alpha value is -2.79. The maximum atomic E-state index is 12.9. The van der Waals surface area contributed by atoms with Crippen molar-refractivity contribution >= 4 is 16.8 Å². The van der Waals surface area contributed by atoms with Crippen LogP contribution in [0, 0.1) is 0 Å². The molecule has 1 saturated heterocycles. The SMILES string of the molecule is COc1cccc2[nH]c(C(=O)N3CCN(Cc4ccccc4)CC3)cc12. The van der Waals surface area contributed by atoms with Crippen LogP contribution >= 0.6 is 0 Å². The summed E-state index contributed by atoms with van der Waals surface area (Å²) < 4.78 is 5.39. The van der Waals surface area contributed by atoms with Gasteiger partial charge in [-0.3, -0.25) is 9.69 Å². The number of nitrogens with zero attached hydrogens (tertiary/aromatic N) is 2. The van der Waals surface area contributed by atoms with E-state index in [-0.39, 0.29) is 5.91 Å². The number of fused-ring (bicyclic) bond motifs is 1. The molecule has 1 aliphatic rings. The summed E-state index contributed by atoms with van der Waals surface area (Å²) in [6.45, 7) is 4.22. The van der Waals surface area contributed by atoms with Crippen LogP contribution in [0.3, 0.4) is 0 Å². The molecule has 4 rings (SSSR count). The van der Waals surface area contributed by atoms with Crippen molar-refractivity contribution in [3.8, 4) is 5.75 Å². The lowest BCUT2D eigenvalue weighted by atomic mass is 10.2. The highest BCUT2D eigenvalue weighted by Crippen LogP contribution is 2.26. The fourth-order valence-corrected chi connectivity index (χ4v) is 3.54. The molecule has 0 radical (unpaired) electrons. The van der Waals surface area contributed by atoms with Crippen LogP contribution in [0.15, 0.2) is 54.6 Å². The number of piperazine rings is 1. The number of ether oxygens (including phenoxy) is 1. The van der Waals surface area contributed by atoms with Crippen molar-refractivity contribution in [1.29, 1.82) is 0 Å². The molecule has 5 heteroatoms. The molecule has 1 fully saturated rings. The zero-order chi connectivity index (χ0) is 17.9. The molecule has 0 spiro atoms. The van der Waals surface area contributed by atoms with E-state index in [1.165, 1.54) is 5.56 Å². The molecule has 0 atom stereocenters. The van der Waals surface area contributed by atoms with Gasteiger partial charge >= 0.3 is 0 Å². The number of aromatic nitrogens is 1. The average molecular weight is 349 g/mol. The van der Waals surface area contributed by atoms with E-state index < -0.39 is 0 Å². The van der Waals surface area contributed by atoms with Crippen LogP contribution in [0.25, 0.3) is 10.9 Å². The fourth-order valence-electron chi connectivity index (χ4n) is 3.54. The Morgan fingerprint density at radius 2 is 1.81 bits per heavy atom. The Morgan fingerprint density at radius 1 is 1.04 bits per heavy atom. The van der Waals surface area contributed by atoms with Crippen LogP contribution < -0.4 is 4.74 Å². The Bertz CT molecular complexity index is 896. The highest BCUT2D eigenvalue weighted by molar-refractivity contribution is 5.99. The zero-order valence-electron chi connectivity index (χ0n) is 14.9. The molecule has 0 bridgehead atoms. The van der Waals surface area contributed by atoms with E-state index in [1.54, 1.807) is 7.11 Å². The van der Waals surface area contributed by atoms with Gasteiger partial charge in [0.2, 0.25) is 0 Å². The highest BCUT2D eigenvalue weighted by Gasteiger charge is 2.23. The van der Waals surface area contributed by atoms with Gasteiger partial charge in [-0.05, 0) is 23.8 Å². The minimum Gasteiger partial charge on any atom is -0.496 e. The second-order valence-corrected chi connectivity index (χ2v) is 6.66. The van der Waals surface area contributed by atoms with E-state index in [9.17, 15) is 4.79 Å². The normalized spacial score (nSPS) is 15.3. The summed E-state index contributed by atoms with van der Waals surface area (Å²) in [5, 5.41) is 0.945. The number of amides is 1. The topological polar surface area (TPSA) is 48.6 Å². The van der Waals surface area contributed by atoms with Crippen LogP contribution in [-0.2, 0) is 6.54 Å². The summed E-state index contributed by atoms with van der Waals surface area (Å²) in [4.78, 5) is 20.4. The van der Waals surface area contributed by atoms with Crippen LogP contribution in [0.5, 0.6) is 5.75 Å². The van der Waals surface area contributed by atoms with E-state index in [0.717, 1.165) is 49.4 Å². The number of carbonyl (C=O) groups is 1. The first-order chi connectivity index (χ1) is 12.7. The van der Waals surface area contributed by atoms with Gasteiger partial charge in [0, 0.05) is 43.6 Å². The number of aromatic amines is 1. The number of nitrogens with one attached hydrogen (secondary N) is 1. The number of benzene rings is 2. The van der Waals surface area contributed by atoms with Gasteiger partial charge in [0.05, 0.1) is 7.11 Å². The first kappa shape index (κ1) is 16.7. The Morgan fingerprint density at radius 3 is 2.54 bits per heavy atom. The molecule has 1 aromatic heterocycles. The monoisotopic (exact) mass is 349 g/mol.